The summed E-state index contributed by atoms with van der Waals surface area (Å²) in [5, 5.41) is 4.09. The number of rotatable bonds is 5. The van der Waals surface area contributed by atoms with Gasteiger partial charge in [-0.3, -0.25) is 0 Å². The Morgan fingerprint density at radius 3 is 2.63 bits per heavy atom. The maximum Gasteiger partial charge on any atom is 0.410 e. The number of nitrogens with one attached hydrogen (secondary N) is 1. The Hall–Kier alpha value is -3.99. The number of piperidine rings is 1. The number of amides is 1. The van der Waals surface area contributed by atoms with Crippen LogP contribution in [0.25, 0.3) is 22.3 Å². The van der Waals surface area contributed by atoms with Crippen LogP contribution in [0.1, 0.15) is 33.6 Å². The predicted octanol–water partition coefficient (Wildman–Crippen LogP) is 4.54. The number of carbonyl (C=O) groups excluding carboxylic acids is 1. The first-order valence-electron chi connectivity index (χ1n) is 12.4. The molecule has 198 valence electrons. The predicted molar refractivity (Wildman–Crippen MR) is 144 cm³/mol. The molecule has 1 aromatic carbocycles. The number of pyridine rings is 1. The van der Waals surface area contributed by atoms with Crippen LogP contribution in [0.4, 0.5) is 10.6 Å². The molecule has 1 N–H and O–H groups in total. The first kappa shape index (κ1) is 25.7. The van der Waals surface area contributed by atoms with Crippen molar-refractivity contribution in [3.8, 4) is 11.3 Å². The van der Waals surface area contributed by atoms with Crippen LogP contribution in [0.2, 0.25) is 0 Å². The molecular weight excluding hydrogens is 504 g/mol. The number of anilines is 1. The van der Waals surface area contributed by atoms with E-state index in [9.17, 15) is 13.2 Å². The number of aromatic nitrogens is 4. The monoisotopic (exact) mass is 534 g/mol. The molecule has 1 amide bonds. The van der Waals surface area contributed by atoms with Crippen LogP contribution in [0, 0.1) is 0 Å². The molecule has 1 unspecified atom stereocenters. The lowest BCUT2D eigenvalue weighted by atomic mass is 10.1. The first-order chi connectivity index (χ1) is 18.1. The van der Waals surface area contributed by atoms with Crippen LogP contribution in [0.15, 0.2) is 72.1 Å². The van der Waals surface area contributed by atoms with Crippen molar-refractivity contribution in [2.45, 2.75) is 50.2 Å². The molecule has 1 saturated heterocycles. The van der Waals surface area contributed by atoms with Crippen LogP contribution in [-0.4, -0.2) is 63.1 Å². The van der Waals surface area contributed by atoms with Gasteiger partial charge >= 0.3 is 6.09 Å². The lowest BCUT2D eigenvalue weighted by molar-refractivity contribution is 0.0206. The summed E-state index contributed by atoms with van der Waals surface area (Å²) in [4.78, 5) is 27.6. The molecule has 10 nitrogen and oxygen atoms in total. The van der Waals surface area contributed by atoms with Gasteiger partial charge in [0.05, 0.1) is 10.6 Å². The summed E-state index contributed by atoms with van der Waals surface area (Å²) in [5.74, 6) is 0.635. The highest BCUT2D eigenvalue weighted by molar-refractivity contribution is 7.90. The van der Waals surface area contributed by atoms with Crippen molar-refractivity contribution in [3.63, 3.8) is 0 Å². The zero-order valence-corrected chi connectivity index (χ0v) is 22.4. The van der Waals surface area contributed by atoms with E-state index in [0.717, 1.165) is 18.4 Å². The second-order valence-electron chi connectivity index (χ2n) is 10.3. The summed E-state index contributed by atoms with van der Waals surface area (Å²) in [6.45, 7) is 6.75. The van der Waals surface area contributed by atoms with Crippen molar-refractivity contribution in [1.82, 2.24) is 23.8 Å². The van der Waals surface area contributed by atoms with Gasteiger partial charge in [0, 0.05) is 48.5 Å². The van der Waals surface area contributed by atoms with E-state index in [2.05, 4.69) is 20.3 Å². The largest absolute Gasteiger partial charge is 0.444 e. The SMILES string of the molecule is CC(C)(C)OC(=O)N1CCCC(Nc2cc(-c3cnc4c(ccn4S(=O)(=O)c4ccccc4)c3)ncn2)C1. The third-order valence-electron chi connectivity index (χ3n) is 6.18. The van der Waals surface area contributed by atoms with Gasteiger partial charge < -0.3 is 15.0 Å². The molecule has 11 heteroatoms. The van der Waals surface area contributed by atoms with Crippen LogP contribution >= 0.6 is 0 Å². The molecular formula is C27H30N6O4S. The Morgan fingerprint density at radius 2 is 1.87 bits per heavy atom. The van der Waals surface area contributed by atoms with Crippen LogP contribution in [-0.2, 0) is 14.8 Å². The van der Waals surface area contributed by atoms with E-state index in [4.69, 9.17) is 4.74 Å². The molecule has 1 aliphatic heterocycles. The fourth-order valence-electron chi connectivity index (χ4n) is 4.43. The molecule has 1 aliphatic rings. The van der Waals surface area contributed by atoms with Gasteiger partial charge in [-0.15, -0.1) is 0 Å². The molecule has 1 fully saturated rings. The highest BCUT2D eigenvalue weighted by atomic mass is 32.2. The number of likely N-dealkylation sites (tertiary alicyclic amines) is 1. The minimum absolute atomic E-state index is 0.0249. The van der Waals surface area contributed by atoms with Crippen LogP contribution in [0.5, 0.6) is 0 Å². The second-order valence-corrected chi connectivity index (χ2v) is 12.1. The zero-order chi connectivity index (χ0) is 26.9. The fourth-order valence-corrected chi connectivity index (χ4v) is 5.76. The number of hydrogen-bond donors (Lipinski definition) is 1. The smallest absolute Gasteiger partial charge is 0.410 e. The molecule has 0 aliphatic carbocycles. The summed E-state index contributed by atoms with van der Waals surface area (Å²) in [5.41, 5.74) is 1.18. The first-order valence-corrected chi connectivity index (χ1v) is 13.9. The molecule has 0 bridgehead atoms. The molecule has 3 aromatic heterocycles. The van der Waals surface area contributed by atoms with Crippen LogP contribution < -0.4 is 5.32 Å². The quantitative estimate of drug-likeness (QED) is 0.396. The average Bonchev–Trinajstić information content (AvgIpc) is 3.33. The average molecular weight is 535 g/mol. The normalized spacial score (nSPS) is 16.4. The third kappa shape index (κ3) is 5.47. The summed E-state index contributed by atoms with van der Waals surface area (Å²) in [6, 6.07) is 13.7. The molecule has 38 heavy (non-hydrogen) atoms. The van der Waals surface area contributed by atoms with E-state index in [0.29, 0.717) is 35.6 Å². The molecule has 0 spiro atoms. The van der Waals surface area contributed by atoms with Crippen molar-refractivity contribution in [2.24, 2.45) is 0 Å². The Balaban J connectivity index is 1.34. The van der Waals surface area contributed by atoms with E-state index in [1.54, 1.807) is 47.5 Å². The van der Waals surface area contributed by atoms with Gasteiger partial charge in [-0.05, 0) is 57.9 Å². The summed E-state index contributed by atoms with van der Waals surface area (Å²) < 4.78 is 32.9. The summed E-state index contributed by atoms with van der Waals surface area (Å²) >= 11 is 0. The van der Waals surface area contributed by atoms with E-state index >= 15 is 0 Å². The van der Waals surface area contributed by atoms with E-state index < -0.39 is 15.6 Å². The van der Waals surface area contributed by atoms with Crippen LogP contribution in [0.3, 0.4) is 0 Å². The van der Waals surface area contributed by atoms with Gasteiger partial charge in [-0.1, -0.05) is 18.2 Å². The van der Waals surface area contributed by atoms with Crippen molar-refractivity contribution >= 4 is 33.0 Å². The molecule has 5 rings (SSSR count). The van der Waals surface area contributed by atoms with Gasteiger partial charge in [0.1, 0.15) is 17.7 Å². The third-order valence-corrected chi connectivity index (χ3v) is 7.86. The molecule has 0 saturated carbocycles. The van der Waals surface area contributed by atoms with Crippen molar-refractivity contribution in [3.05, 3.63) is 67.3 Å². The number of carbonyl (C=O) groups is 1. The van der Waals surface area contributed by atoms with E-state index in [-0.39, 0.29) is 17.0 Å². The van der Waals surface area contributed by atoms with Crippen molar-refractivity contribution in [1.29, 1.82) is 0 Å². The number of fused-ring (bicyclic) bond motifs is 1. The van der Waals surface area contributed by atoms with E-state index in [1.165, 1.54) is 16.5 Å². The molecule has 1 atom stereocenters. The lowest BCUT2D eigenvalue weighted by Gasteiger charge is -2.34. The maximum absolute atomic E-state index is 13.1. The standard InChI is InChI=1S/C27H30N6O4S/c1-27(2,3)37-26(34)32-12-7-8-21(17-32)31-24-15-23(29-18-30-24)20-14-19-11-13-33(25(19)28-16-20)38(35,36)22-9-5-4-6-10-22/h4-6,9-11,13-16,18,21H,7-8,12,17H2,1-3H3,(H,29,30,31). The number of benzene rings is 1. The van der Waals surface area contributed by atoms with E-state index in [1.807, 2.05) is 32.9 Å². The summed E-state index contributed by atoms with van der Waals surface area (Å²) in [7, 11) is -3.76. The van der Waals surface area contributed by atoms with Gasteiger partial charge in [0.2, 0.25) is 0 Å². The molecule has 4 aromatic rings. The Morgan fingerprint density at radius 1 is 1.08 bits per heavy atom. The topological polar surface area (TPSA) is 119 Å². The number of hydrogen-bond acceptors (Lipinski definition) is 8. The Kier molecular flexibility index (Phi) is 6.78. The highest BCUT2D eigenvalue weighted by Crippen LogP contribution is 2.26. The lowest BCUT2D eigenvalue weighted by Crippen LogP contribution is -2.47. The number of ether oxygens (including phenoxy) is 1. The van der Waals surface area contributed by atoms with Gasteiger partial charge in [0.25, 0.3) is 10.0 Å². The minimum atomic E-state index is -3.76. The molecule has 0 radical (unpaired) electrons. The molecule has 4 heterocycles. The fraction of sp³-hybridized carbons (Fsp3) is 0.333. The second kappa shape index (κ2) is 10.1. The summed E-state index contributed by atoms with van der Waals surface area (Å²) in [6.07, 6.45) is 6.04. The maximum atomic E-state index is 13.1. The minimum Gasteiger partial charge on any atom is -0.444 e. The van der Waals surface area contributed by atoms with Gasteiger partial charge in [0.15, 0.2) is 5.65 Å². The van der Waals surface area contributed by atoms with Gasteiger partial charge in [-0.25, -0.2) is 32.1 Å². The zero-order valence-electron chi connectivity index (χ0n) is 21.5. The van der Waals surface area contributed by atoms with Crippen molar-refractivity contribution in [2.75, 3.05) is 18.4 Å². The van der Waals surface area contributed by atoms with Gasteiger partial charge in [-0.2, -0.15) is 0 Å². The number of nitrogens with zero attached hydrogens (tertiary/aromatic N) is 5. The van der Waals surface area contributed by atoms with Crippen molar-refractivity contribution < 1.29 is 17.9 Å². The highest BCUT2D eigenvalue weighted by Gasteiger charge is 2.28. The Labute approximate surface area is 221 Å². The Bertz CT molecular complexity index is 1560.